The zero-order valence-corrected chi connectivity index (χ0v) is 19.5. The average Bonchev–Trinajstić information content (AvgIpc) is 2.69. The van der Waals surface area contributed by atoms with Crippen LogP contribution in [0.1, 0.15) is 64.0 Å². The molecule has 0 saturated carbocycles. The van der Waals surface area contributed by atoms with E-state index in [4.69, 9.17) is 17.3 Å². The van der Waals surface area contributed by atoms with Crippen LogP contribution in [0.4, 0.5) is 13.2 Å². The molecule has 0 aliphatic carbocycles. The first-order valence-corrected chi connectivity index (χ1v) is 11.4. The van der Waals surface area contributed by atoms with Gasteiger partial charge in [-0.3, -0.25) is 9.59 Å². The number of amides is 2. The number of benzene rings is 1. The van der Waals surface area contributed by atoms with E-state index < -0.39 is 40.1 Å². The van der Waals surface area contributed by atoms with Crippen molar-refractivity contribution in [2.45, 2.75) is 64.7 Å². The normalized spacial score (nSPS) is 18.5. The van der Waals surface area contributed by atoms with Gasteiger partial charge in [-0.25, -0.2) is 0 Å². The molecule has 0 bridgehead atoms. The average molecular weight is 477 g/mol. The number of hydrogen-bond acceptors (Lipinski definition) is 3. The zero-order chi connectivity index (χ0) is 24.3. The maximum Gasteiger partial charge on any atom is 0.417 e. The van der Waals surface area contributed by atoms with E-state index in [1.165, 1.54) is 6.07 Å². The van der Waals surface area contributed by atoms with Gasteiger partial charge in [-0.05, 0) is 49.3 Å². The second-order valence-electron chi connectivity index (χ2n) is 9.08. The molecule has 32 heavy (non-hydrogen) atoms. The molecular weight excluding hydrogens is 445 g/mol. The molecule has 5 nitrogen and oxygen atoms in total. The molecule has 1 heterocycles. The minimum absolute atomic E-state index is 0.0844. The summed E-state index contributed by atoms with van der Waals surface area (Å²) >= 11 is 5.69. The van der Waals surface area contributed by atoms with E-state index in [-0.39, 0.29) is 43.3 Å². The number of halogens is 4. The molecule has 3 N–H and O–H groups in total. The lowest BCUT2D eigenvalue weighted by Gasteiger charge is -2.41. The van der Waals surface area contributed by atoms with E-state index in [1.54, 1.807) is 4.90 Å². The molecule has 1 aliphatic rings. The fraction of sp³-hybridized carbons (Fsp3) is 0.652. The summed E-state index contributed by atoms with van der Waals surface area (Å²) in [6.45, 7) is 6.21. The van der Waals surface area contributed by atoms with Gasteiger partial charge in [0, 0.05) is 24.9 Å². The standard InChI is InChI=1S/C23H32ClF3N2O3/c1-4-5-16(20(28)30)17(12-14(2)3)21(31)29-10-8-22(32,9-11-29)15-6-7-19(24)18(13-15)23(25,26)27/h6-7,13-14,16-17,32H,4-5,8-12H2,1-3H3,(H2,28,30). The molecule has 1 fully saturated rings. The minimum atomic E-state index is -4.63. The Labute approximate surface area is 192 Å². The van der Waals surface area contributed by atoms with E-state index in [1.807, 2.05) is 20.8 Å². The monoisotopic (exact) mass is 476 g/mol. The molecule has 1 aliphatic heterocycles. The topological polar surface area (TPSA) is 83.6 Å². The second kappa shape index (κ2) is 10.4. The minimum Gasteiger partial charge on any atom is -0.385 e. The molecule has 2 rings (SSSR count). The Morgan fingerprint density at radius 1 is 1.22 bits per heavy atom. The van der Waals surface area contributed by atoms with Gasteiger partial charge >= 0.3 is 6.18 Å². The van der Waals surface area contributed by atoms with Gasteiger partial charge in [0.25, 0.3) is 0 Å². The number of nitrogens with two attached hydrogens (primary N) is 1. The predicted molar refractivity (Wildman–Crippen MR) is 117 cm³/mol. The molecule has 1 saturated heterocycles. The van der Waals surface area contributed by atoms with Crippen molar-refractivity contribution in [2.75, 3.05) is 13.1 Å². The van der Waals surface area contributed by atoms with Crippen molar-refractivity contribution < 1.29 is 27.9 Å². The third kappa shape index (κ3) is 6.16. The van der Waals surface area contributed by atoms with Crippen LogP contribution in [-0.4, -0.2) is 34.9 Å². The van der Waals surface area contributed by atoms with E-state index in [0.717, 1.165) is 12.1 Å². The fourth-order valence-electron chi connectivity index (χ4n) is 4.45. The van der Waals surface area contributed by atoms with Crippen molar-refractivity contribution >= 4 is 23.4 Å². The van der Waals surface area contributed by atoms with Crippen LogP contribution in [0.5, 0.6) is 0 Å². The Balaban J connectivity index is 2.21. The molecule has 1 aromatic carbocycles. The SMILES string of the molecule is CCCC(C(N)=O)C(CC(C)C)C(=O)N1CCC(O)(c2ccc(Cl)c(C(F)(F)F)c2)CC1. The maximum absolute atomic E-state index is 13.3. The first kappa shape index (κ1) is 26.5. The molecule has 1 aromatic rings. The highest BCUT2D eigenvalue weighted by molar-refractivity contribution is 6.31. The number of aliphatic hydroxyl groups is 1. The predicted octanol–water partition coefficient (Wildman–Crippen LogP) is 4.73. The van der Waals surface area contributed by atoms with Crippen LogP contribution in [-0.2, 0) is 21.4 Å². The summed E-state index contributed by atoms with van der Waals surface area (Å²) in [6.07, 6.45) is -2.72. The van der Waals surface area contributed by atoms with Gasteiger partial charge < -0.3 is 15.7 Å². The number of piperidine rings is 1. The summed E-state index contributed by atoms with van der Waals surface area (Å²) in [5.74, 6) is -1.63. The number of primary amides is 1. The summed E-state index contributed by atoms with van der Waals surface area (Å²) in [5.41, 5.74) is 3.23. The molecule has 0 radical (unpaired) electrons. The van der Waals surface area contributed by atoms with Crippen LogP contribution < -0.4 is 5.73 Å². The summed E-state index contributed by atoms with van der Waals surface area (Å²) in [5, 5.41) is 10.6. The fourth-order valence-corrected chi connectivity index (χ4v) is 4.67. The van der Waals surface area contributed by atoms with E-state index in [9.17, 15) is 27.9 Å². The van der Waals surface area contributed by atoms with Gasteiger partial charge in [0.05, 0.1) is 16.2 Å². The van der Waals surface area contributed by atoms with Crippen LogP contribution in [0.3, 0.4) is 0 Å². The van der Waals surface area contributed by atoms with Crippen molar-refractivity contribution in [1.29, 1.82) is 0 Å². The van der Waals surface area contributed by atoms with Gasteiger partial charge in [-0.2, -0.15) is 13.2 Å². The van der Waals surface area contributed by atoms with Crippen LogP contribution >= 0.6 is 11.6 Å². The molecule has 180 valence electrons. The van der Waals surface area contributed by atoms with Crippen LogP contribution in [0.2, 0.25) is 5.02 Å². The van der Waals surface area contributed by atoms with Crippen molar-refractivity contribution in [1.82, 2.24) is 4.90 Å². The van der Waals surface area contributed by atoms with Gasteiger partial charge in [0.1, 0.15) is 0 Å². The van der Waals surface area contributed by atoms with Crippen molar-refractivity contribution in [3.05, 3.63) is 34.3 Å². The summed E-state index contributed by atoms with van der Waals surface area (Å²) in [4.78, 5) is 26.9. The first-order chi connectivity index (χ1) is 14.8. The van der Waals surface area contributed by atoms with Crippen molar-refractivity contribution in [2.24, 2.45) is 23.5 Å². The molecule has 2 unspecified atom stereocenters. The highest BCUT2D eigenvalue weighted by Gasteiger charge is 2.41. The lowest BCUT2D eigenvalue weighted by Crippen LogP contribution is -2.49. The van der Waals surface area contributed by atoms with Crippen molar-refractivity contribution in [3.8, 4) is 0 Å². The summed E-state index contributed by atoms with van der Waals surface area (Å²) < 4.78 is 39.7. The largest absolute Gasteiger partial charge is 0.417 e. The van der Waals surface area contributed by atoms with Crippen LogP contribution in [0.25, 0.3) is 0 Å². The molecule has 2 amide bonds. The Hall–Kier alpha value is -1.80. The third-order valence-corrected chi connectivity index (χ3v) is 6.53. The Bertz CT molecular complexity index is 821. The maximum atomic E-state index is 13.3. The third-order valence-electron chi connectivity index (χ3n) is 6.20. The quantitative estimate of drug-likeness (QED) is 0.568. The zero-order valence-electron chi connectivity index (χ0n) is 18.7. The lowest BCUT2D eigenvalue weighted by molar-refractivity contribution is -0.146. The smallest absolute Gasteiger partial charge is 0.385 e. The van der Waals surface area contributed by atoms with Gasteiger partial charge in [-0.1, -0.05) is 44.9 Å². The van der Waals surface area contributed by atoms with E-state index in [2.05, 4.69) is 0 Å². The highest BCUT2D eigenvalue weighted by Crippen LogP contribution is 2.40. The van der Waals surface area contributed by atoms with Crippen LogP contribution in [0, 0.1) is 17.8 Å². The number of alkyl halides is 3. The molecular formula is C23H32ClF3N2O3. The molecule has 0 spiro atoms. The van der Waals surface area contributed by atoms with Crippen LogP contribution in [0.15, 0.2) is 18.2 Å². The van der Waals surface area contributed by atoms with E-state index in [0.29, 0.717) is 19.3 Å². The summed E-state index contributed by atoms with van der Waals surface area (Å²) in [7, 11) is 0. The Kier molecular flexibility index (Phi) is 8.62. The highest BCUT2D eigenvalue weighted by atomic mass is 35.5. The summed E-state index contributed by atoms with van der Waals surface area (Å²) in [6, 6.07) is 3.41. The Morgan fingerprint density at radius 2 is 1.81 bits per heavy atom. The van der Waals surface area contributed by atoms with Gasteiger partial charge in [0.15, 0.2) is 0 Å². The Morgan fingerprint density at radius 3 is 2.28 bits per heavy atom. The number of carbonyl (C=O) groups excluding carboxylic acids is 2. The van der Waals surface area contributed by atoms with Gasteiger partial charge in [0.2, 0.25) is 11.8 Å². The second-order valence-corrected chi connectivity index (χ2v) is 9.49. The number of nitrogens with zero attached hydrogens (tertiary/aromatic N) is 1. The number of carbonyl (C=O) groups is 2. The first-order valence-electron chi connectivity index (χ1n) is 11.0. The lowest BCUT2D eigenvalue weighted by atomic mass is 9.79. The van der Waals surface area contributed by atoms with Gasteiger partial charge in [-0.15, -0.1) is 0 Å². The molecule has 0 aromatic heterocycles. The number of likely N-dealkylation sites (tertiary alicyclic amines) is 1. The number of rotatable bonds is 8. The molecule has 9 heteroatoms. The molecule has 2 atom stereocenters. The number of hydrogen-bond donors (Lipinski definition) is 2. The van der Waals surface area contributed by atoms with Crippen molar-refractivity contribution in [3.63, 3.8) is 0 Å². The van der Waals surface area contributed by atoms with E-state index >= 15 is 0 Å².